The largest absolute Gasteiger partial charge is 0.383 e. The van der Waals surface area contributed by atoms with Crippen LogP contribution in [0.25, 0.3) is 21.7 Å². The highest BCUT2D eigenvalue weighted by atomic mass is 35.5. The molecule has 2 heterocycles. The van der Waals surface area contributed by atoms with E-state index in [1.165, 1.54) is 4.88 Å². The smallest absolute Gasteiger partial charge is 0.142 e. The molecular weight excluding hydrogens is 326 g/mol. The van der Waals surface area contributed by atoms with E-state index in [4.69, 9.17) is 17.3 Å². The summed E-state index contributed by atoms with van der Waals surface area (Å²) in [6.45, 7) is 4.01. The van der Waals surface area contributed by atoms with Crippen molar-refractivity contribution in [3.63, 3.8) is 0 Å². The third-order valence-electron chi connectivity index (χ3n) is 3.67. The van der Waals surface area contributed by atoms with Crippen molar-refractivity contribution in [1.82, 2.24) is 4.98 Å². The van der Waals surface area contributed by atoms with Crippen LogP contribution in [0.3, 0.4) is 0 Å². The molecule has 0 spiro atoms. The Hall–Kier alpha value is -2.35. The van der Waals surface area contributed by atoms with E-state index in [1.54, 1.807) is 11.3 Å². The number of anilines is 1. The van der Waals surface area contributed by atoms with Gasteiger partial charge in [-0.3, -0.25) is 0 Å². The number of rotatable bonds is 2. The SMILES string of the molecule is Cc1ccc(-c2c(C)c(-c3cccc(Cl)c3)nc(N)c2C#N)s1. The summed E-state index contributed by atoms with van der Waals surface area (Å²) in [6.07, 6.45) is 0. The quantitative estimate of drug-likeness (QED) is 0.697. The first-order chi connectivity index (χ1) is 11.0. The van der Waals surface area contributed by atoms with Crippen LogP contribution >= 0.6 is 22.9 Å². The predicted octanol–water partition coefficient (Wildman–Crippen LogP) is 5.20. The summed E-state index contributed by atoms with van der Waals surface area (Å²) in [5.74, 6) is 0.245. The van der Waals surface area contributed by atoms with E-state index in [-0.39, 0.29) is 5.82 Å². The number of benzene rings is 1. The van der Waals surface area contributed by atoms with Crippen LogP contribution in [0.4, 0.5) is 5.82 Å². The van der Waals surface area contributed by atoms with Gasteiger partial charge in [0.25, 0.3) is 0 Å². The highest BCUT2D eigenvalue weighted by molar-refractivity contribution is 7.15. The molecule has 0 aliphatic heterocycles. The minimum Gasteiger partial charge on any atom is -0.383 e. The topological polar surface area (TPSA) is 62.7 Å². The molecule has 2 N–H and O–H groups in total. The number of hydrogen-bond donors (Lipinski definition) is 1. The molecule has 0 saturated heterocycles. The van der Waals surface area contributed by atoms with Crippen LogP contribution < -0.4 is 5.73 Å². The molecule has 0 aliphatic rings. The molecule has 5 heteroatoms. The van der Waals surface area contributed by atoms with Gasteiger partial charge in [-0.15, -0.1) is 11.3 Å². The van der Waals surface area contributed by atoms with Crippen molar-refractivity contribution < 1.29 is 0 Å². The van der Waals surface area contributed by atoms with Gasteiger partial charge in [-0.1, -0.05) is 23.7 Å². The molecule has 0 atom stereocenters. The molecule has 0 unspecified atom stereocenters. The van der Waals surface area contributed by atoms with Crippen LogP contribution in [0, 0.1) is 25.2 Å². The minimum atomic E-state index is 0.245. The Morgan fingerprint density at radius 1 is 1.22 bits per heavy atom. The molecule has 0 amide bonds. The fraction of sp³-hybridized carbons (Fsp3) is 0.111. The Bertz CT molecular complexity index is 938. The van der Waals surface area contributed by atoms with E-state index in [0.717, 1.165) is 27.3 Å². The second kappa shape index (κ2) is 6.04. The number of aryl methyl sites for hydroxylation is 1. The fourth-order valence-corrected chi connectivity index (χ4v) is 3.77. The van der Waals surface area contributed by atoms with Gasteiger partial charge in [0.05, 0.1) is 5.69 Å². The molecule has 2 aromatic heterocycles. The number of halogens is 1. The van der Waals surface area contributed by atoms with E-state index >= 15 is 0 Å². The second-order valence-electron chi connectivity index (χ2n) is 5.25. The lowest BCUT2D eigenvalue weighted by atomic mass is 9.97. The van der Waals surface area contributed by atoms with Crippen LogP contribution in [-0.2, 0) is 0 Å². The van der Waals surface area contributed by atoms with Crippen molar-refractivity contribution in [3.8, 4) is 27.8 Å². The van der Waals surface area contributed by atoms with Crippen LogP contribution in [0.15, 0.2) is 36.4 Å². The van der Waals surface area contributed by atoms with Crippen LogP contribution in [0.1, 0.15) is 16.0 Å². The molecule has 3 rings (SSSR count). The maximum absolute atomic E-state index is 9.51. The second-order valence-corrected chi connectivity index (χ2v) is 6.98. The zero-order valence-electron chi connectivity index (χ0n) is 12.7. The van der Waals surface area contributed by atoms with E-state index < -0.39 is 0 Å². The van der Waals surface area contributed by atoms with E-state index in [2.05, 4.69) is 11.1 Å². The molecule has 3 nitrogen and oxygen atoms in total. The first-order valence-electron chi connectivity index (χ1n) is 7.04. The lowest BCUT2D eigenvalue weighted by molar-refractivity contribution is 1.26. The number of nitriles is 1. The average molecular weight is 340 g/mol. The molecule has 0 aliphatic carbocycles. The van der Waals surface area contributed by atoms with Gasteiger partial charge in [-0.2, -0.15) is 5.26 Å². The van der Waals surface area contributed by atoms with Crippen molar-refractivity contribution in [2.24, 2.45) is 0 Å². The Morgan fingerprint density at radius 2 is 2.00 bits per heavy atom. The highest BCUT2D eigenvalue weighted by Crippen LogP contribution is 2.39. The third-order valence-corrected chi connectivity index (χ3v) is 4.92. The van der Waals surface area contributed by atoms with Gasteiger partial charge in [0.1, 0.15) is 17.5 Å². The van der Waals surface area contributed by atoms with Crippen LogP contribution in [0.2, 0.25) is 5.02 Å². The van der Waals surface area contributed by atoms with Gasteiger partial charge < -0.3 is 5.73 Å². The highest BCUT2D eigenvalue weighted by Gasteiger charge is 2.19. The lowest BCUT2D eigenvalue weighted by Gasteiger charge is -2.14. The first kappa shape index (κ1) is 15.5. The van der Waals surface area contributed by atoms with Crippen molar-refractivity contribution in [3.05, 3.63) is 57.4 Å². The van der Waals surface area contributed by atoms with Crippen molar-refractivity contribution in [1.29, 1.82) is 5.26 Å². The molecule has 1 aromatic carbocycles. The van der Waals surface area contributed by atoms with E-state index in [0.29, 0.717) is 10.6 Å². The summed E-state index contributed by atoms with van der Waals surface area (Å²) in [6, 6.07) is 13.7. The normalized spacial score (nSPS) is 10.5. The van der Waals surface area contributed by atoms with Gasteiger partial charge in [0.15, 0.2) is 0 Å². The minimum absolute atomic E-state index is 0.245. The van der Waals surface area contributed by atoms with Gasteiger partial charge in [0.2, 0.25) is 0 Å². The monoisotopic (exact) mass is 339 g/mol. The summed E-state index contributed by atoms with van der Waals surface area (Å²) in [5.41, 5.74) is 9.91. The predicted molar refractivity (Wildman–Crippen MR) is 96.6 cm³/mol. The number of hydrogen-bond acceptors (Lipinski definition) is 4. The third kappa shape index (κ3) is 2.81. The first-order valence-corrected chi connectivity index (χ1v) is 8.23. The van der Waals surface area contributed by atoms with Crippen molar-refractivity contribution in [2.45, 2.75) is 13.8 Å². The molecular formula is C18H14ClN3S. The maximum atomic E-state index is 9.51. The van der Waals surface area contributed by atoms with Gasteiger partial charge in [-0.25, -0.2) is 4.98 Å². The standard InChI is InChI=1S/C18H14ClN3S/c1-10-6-7-15(23-10)16-11(2)17(22-18(21)14(16)9-20)12-4-3-5-13(19)8-12/h3-8H,1-2H3,(H2,21,22). The Kier molecular flexibility index (Phi) is 4.08. The maximum Gasteiger partial charge on any atom is 0.142 e. The molecule has 0 radical (unpaired) electrons. The van der Waals surface area contributed by atoms with Gasteiger partial charge in [-0.05, 0) is 43.7 Å². The van der Waals surface area contributed by atoms with E-state index in [1.807, 2.05) is 50.2 Å². The summed E-state index contributed by atoms with van der Waals surface area (Å²) in [4.78, 5) is 6.65. The van der Waals surface area contributed by atoms with Crippen LogP contribution in [-0.4, -0.2) is 4.98 Å². The Labute approximate surface area is 144 Å². The summed E-state index contributed by atoms with van der Waals surface area (Å²) < 4.78 is 0. The van der Waals surface area contributed by atoms with Crippen molar-refractivity contribution in [2.75, 3.05) is 5.73 Å². The summed E-state index contributed by atoms with van der Waals surface area (Å²) >= 11 is 7.74. The Morgan fingerprint density at radius 3 is 2.61 bits per heavy atom. The van der Waals surface area contributed by atoms with Gasteiger partial charge in [0, 0.05) is 25.9 Å². The molecule has 0 bridgehead atoms. The molecule has 3 aromatic rings. The zero-order valence-corrected chi connectivity index (χ0v) is 14.3. The fourth-order valence-electron chi connectivity index (χ4n) is 2.60. The average Bonchev–Trinajstić information content (AvgIpc) is 2.94. The number of nitrogens with zero attached hydrogens (tertiary/aromatic N) is 2. The molecule has 0 saturated carbocycles. The Balaban J connectivity index is 2.33. The zero-order chi connectivity index (χ0) is 16.6. The summed E-state index contributed by atoms with van der Waals surface area (Å²) in [5, 5.41) is 10.1. The number of thiophene rings is 1. The molecule has 114 valence electrons. The van der Waals surface area contributed by atoms with E-state index in [9.17, 15) is 5.26 Å². The van der Waals surface area contributed by atoms with Gasteiger partial charge >= 0.3 is 0 Å². The summed E-state index contributed by atoms with van der Waals surface area (Å²) in [7, 11) is 0. The number of pyridine rings is 1. The van der Waals surface area contributed by atoms with Crippen LogP contribution in [0.5, 0.6) is 0 Å². The molecule has 0 fully saturated rings. The number of aromatic nitrogens is 1. The number of nitrogens with two attached hydrogens (primary N) is 1. The lowest BCUT2D eigenvalue weighted by Crippen LogP contribution is -2.02. The molecule has 23 heavy (non-hydrogen) atoms. The van der Waals surface area contributed by atoms with Crippen molar-refractivity contribution >= 4 is 28.8 Å². The number of nitrogen functional groups attached to an aromatic ring is 1.